The second-order valence-electron chi connectivity index (χ2n) is 6.41. The SMILES string of the molecule is CCN(CC)c1ccc(CNC(=O)COc2ccc3ccccc3c2)cc1. The zero-order valence-electron chi connectivity index (χ0n) is 15.9. The maximum atomic E-state index is 12.1. The molecule has 4 nitrogen and oxygen atoms in total. The smallest absolute Gasteiger partial charge is 0.258 e. The predicted octanol–water partition coefficient (Wildman–Crippen LogP) is 4.38. The lowest BCUT2D eigenvalue weighted by molar-refractivity contribution is -0.123. The van der Waals surface area contributed by atoms with Crippen molar-refractivity contribution >= 4 is 22.4 Å². The van der Waals surface area contributed by atoms with Gasteiger partial charge in [-0.25, -0.2) is 0 Å². The van der Waals surface area contributed by atoms with Crippen LogP contribution in [0.5, 0.6) is 5.75 Å². The molecule has 0 bridgehead atoms. The Bertz CT molecular complexity index is 886. The number of nitrogens with one attached hydrogen (secondary N) is 1. The summed E-state index contributed by atoms with van der Waals surface area (Å²) in [6, 6.07) is 22.2. The average molecular weight is 362 g/mol. The second-order valence-corrected chi connectivity index (χ2v) is 6.41. The molecule has 0 atom stereocenters. The molecule has 0 radical (unpaired) electrons. The van der Waals surface area contributed by atoms with Crippen LogP contribution in [0.4, 0.5) is 5.69 Å². The molecule has 140 valence electrons. The molecular weight excluding hydrogens is 336 g/mol. The van der Waals surface area contributed by atoms with Gasteiger partial charge in [0.15, 0.2) is 6.61 Å². The third kappa shape index (κ3) is 5.00. The normalized spacial score (nSPS) is 10.6. The summed E-state index contributed by atoms with van der Waals surface area (Å²) in [7, 11) is 0. The van der Waals surface area contributed by atoms with Gasteiger partial charge in [-0.2, -0.15) is 0 Å². The molecule has 0 aliphatic carbocycles. The highest BCUT2D eigenvalue weighted by atomic mass is 16.5. The number of rotatable bonds is 8. The highest BCUT2D eigenvalue weighted by molar-refractivity contribution is 5.84. The van der Waals surface area contributed by atoms with Crippen LogP contribution in [0, 0.1) is 0 Å². The van der Waals surface area contributed by atoms with E-state index in [2.05, 4.69) is 54.4 Å². The van der Waals surface area contributed by atoms with Crippen LogP contribution in [0.1, 0.15) is 19.4 Å². The molecule has 0 aliphatic heterocycles. The minimum absolute atomic E-state index is 0.00979. The molecule has 27 heavy (non-hydrogen) atoms. The largest absolute Gasteiger partial charge is 0.484 e. The Kier molecular flexibility index (Phi) is 6.31. The molecule has 3 aromatic rings. The first-order valence-electron chi connectivity index (χ1n) is 9.41. The van der Waals surface area contributed by atoms with Gasteiger partial charge in [0.25, 0.3) is 5.91 Å². The van der Waals surface area contributed by atoms with Crippen LogP contribution >= 0.6 is 0 Å². The molecule has 0 aromatic heterocycles. The minimum Gasteiger partial charge on any atom is -0.484 e. The van der Waals surface area contributed by atoms with Crippen molar-refractivity contribution in [3.05, 3.63) is 72.3 Å². The zero-order chi connectivity index (χ0) is 19.1. The first kappa shape index (κ1) is 18.8. The van der Waals surface area contributed by atoms with E-state index in [1.54, 1.807) is 0 Å². The van der Waals surface area contributed by atoms with Gasteiger partial charge in [-0.05, 0) is 54.4 Å². The second kappa shape index (κ2) is 9.08. The Morgan fingerprint density at radius 1 is 0.926 bits per heavy atom. The number of benzene rings is 3. The van der Waals surface area contributed by atoms with E-state index in [0.717, 1.165) is 29.4 Å². The van der Waals surface area contributed by atoms with Crippen LogP contribution in [-0.4, -0.2) is 25.6 Å². The van der Waals surface area contributed by atoms with Crippen molar-refractivity contribution in [2.24, 2.45) is 0 Å². The van der Waals surface area contributed by atoms with Gasteiger partial charge in [0, 0.05) is 25.3 Å². The molecule has 1 amide bonds. The first-order chi connectivity index (χ1) is 13.2. The number of ether oxygens (including phenoxy) is 1. The molecule has 0 saturated carbocycles. The molecule has 3 rings (SSSR count). The fraction of sp³-hybridized carbons (Fsp3) is 0.261. The summed E-state index contributed by atoms with van der Waals surface area (Å²) in [5.74, 6) is 0.573. The van der Waals surface area contributed by atoms with Crippen molar-refractivity contribution in [3.63, 3.8) is 0 Å². The third-order valence-electron chi connectivity index (χ3n) is 4.65. The van der Waals surface area contributed by atoms with Gasteiger partial charge in [0.1, 0.15) is 5.75 Å². The van der Waals surface area contributed by atoms with Crippen LogP contribution in [0.25, 0.3) is 10.8 Å². The minimum atomic E-state index is -0.129. The van der Waals surface area contributed by atoms with Gasteiger partial charge in [-0.1, -0.05) is 42.5 Å². The van der Waals surface area contributed by atoms with Crippen LogP contribution in [0.3, 0.4) is 0 Å². The zero-order valence-corrected chi connectivity index (χ0v) is 15.9. The van der Waals surface area contributed by atoms with Crippen LogP contribution in [-0.2, 0) is 11.3 Å². The monoisotopic (exact) mass is 362 g/mol. The van der Waals surface area contributed by atoms with E-state index in [4.69, 9.17) is 4.74 Å². The summed E-state index contributed by atoms with van der Waals surface area (Å²) in [4.78, 5) is 14.4. The van der Waals surface area contributed by atoms with Crippen molar-refractivity contribution in [2.45, 2.75) is 20.4 Å². The Labute approximate surface area is 160 Å². The van der Waals surface area contributed by atoms with Crippen molar-refractivity contribution in [3.8, 4) is 5.75 Å². The quantitative estimate of drug-likeness (QED) is 0.646. The van der Waals surface area contributed by atoms with E-state index in [-0.39, 0.29) is 12.5 Å². The lowest BCUT2D eigenvalue weighted by Gasteiger charge is -2.21. The number of hydrogen-bond donors (Lipinski definition) is 1. The third-order valence-corrected chi connectivity index (χ3v) is 4.65. The summed E-state index contributed by atoms with van der Waals surface area (Å²) in [5.41, 5.74) is 2.28. The number of carbonyl (C=O) groups excluding carboxylic acids is 1. The summed E-state index contributed by atoms with van der Waals surface area (Å²) in [6.07, 6.45) is 0. The fourth-order valence-electron chi connectivity index (χ4n) is 3.07. The molecule has 1 N–H and O–H groups in total. The lowest BCUT2D eigenvalue weighted by Crippen LogP contribution is -2.28. The topological polar surface area (TPSA) is 41.6 Å². The molecular formula is C23H26N2O2. The van der Waals surface area contributed by atoms with E-state index in [1.165, 1.54) is 5.69 Å². The predicted molar refractivity (Wildman–Crippen MR) is 111 cm³/mol. The standard InChI is InChI=1S/C23H26N2O2/c1-3-25(4-2)21-12-9-18(10-13-21)16-24-23(26)17-27-22-14-11-19-7-5-6-8-20(19)15-22/h5-15H,3-4,16-17H2,1-2H3,(H,24,26). The molecule has 0 heterocycles. The highest BCUT2D eigenvalue weighted by Crippen LogP contribution is 2.20. The number of amides is 1. The van der Waals surface area contributed by atoms with E-state index in [9.17, 15) is 4.79 Å². The van der Waals surface area contributed by atoms with E-state index in [0.29, 0.717) is 12.3 Å². The Morgan fingerprint density at radius 2 is 1.63 bits per heavy atom. The van der Waals surface area contributed by atoms with Gasteiger partial charge in [0.05, 0.1) is 0 Å². The van der Waals surface area contributed by atoms with Gasteiger partial charge in [-0.3, -0.25) is 4.79 Å². The molecule has 0 fully saturated rings. The van der Waals surface area contributed by atoms with E-state index >= 15 is 0 Å². The molecule has 0 aliphatic rings. The molecule has 0 saturated heterocycles. The maximum Gasteiger partial charge on any atom is 0.258 e. The molecule has 0 spiro atoms. The van der Waals surface area contributed by atoms with Gasteiger partial charge >= 0.3 is 0 Å². The molecule has 4 heteroatoms. The number of fused-ring (bicyclic) bond motifs is 1. The fourth-order valence-corrected chi connectivity index (χ4v) is 3.07. The summed E-state index contributed by atoms with van der Waals surface area (Å²) in [6.45, 7) is 6.77. The summed E-state index contributed by atoms with van der Waals surface area (Å²) < 4.78 is 5.63. The molecule has 0 unspecified atom stereocenters. The number of carbonyl (C=O) groups is 1. The number of anilines is 1. The lowest BCUT2D eigenvalue weighted by atomic mass is 10.1. The number of hydrogen-bond acceptors (Lipinski definition) is 3. The van der Waals surface area contributed by atoms with Crippen molar-refractivity contribution in [1.29, 1.82) is 0 Å². The average Bonchev–Trinajstić information content (AvgIpc) is 2.72. The van der Waals surface area contributed by atoms with Crippen molar-refractivity contribution in [1.82, 2.24) is 5.32 Å². The van der Waals surface area contributed by atoms with E-state index < -0.39 is 0 Å². The van der Waals surface area contributed by atoms with Gasteiger partial charge < -0.3 is 15.0 Å². The highest BCUT2D eigenvalue weighted by Gasteiger charge is 2.05. The van der Waals surface area contributed by atoms with Crippen molar-refractivity contribution < 1.29 is 9.53 Å². The number of nitrogens with zero attached hydrogens (tertiary/aromatic N) is 1. The van der Waals surface area contributed by atoms with Crippen molar-refractivity contribution in [2.75, 3.05) is 24.6 Å². The Hall–Kier alpha value is -3.01. The van der Waals surface area contributed by atoms with Gasteiger partial charge in [-0.15, -0.1) is 0 Å². The van der Waals surface area contributed by atoms with Crippen LogP contribution < -0.4 is 15.0 Å². The summed E-state index contributed by atoms with van der Waals surface area (Å²) in [5, 5.41) is 5.16. The first-order valence-corrected chi connectivity index (χ1v) is 9.41. The van der Waals surface area contributed by atoms with Crippen LogP contribution in [0.15, 0.2) is 66.7 Å². The summed E-state index contributed by atoms with van der Waals surface area (Å²) >= 11 is 0. The Balaban J connectivity index is 1.49. The van der Waals surface area contributed by atoms with E-state index in [1.807, 2.05) is 36.4 Å². The van der Waals surface area contributed by atoms with Gasteiger partial charge in [0.2, 0.25) is 0 Å². The maximum absolute atomic E-state index is 12.1. The van der Waals surface area contributed by atoms with Crippen LogP contribution in [0.2, 0.25) is 0 Å². The molecule has 3 aromatic carbocycles. The Morgan fingerprint density at radius 3 is 2.33 bits per heavy atom.